The van der Waals surface area contributed by atoms with Crippen molar-refractivity contribution in [3.8, 4) is 0 Å². The zero-order valence-electron chi connectivity index (χ0n) is 5.24. The van der Waals surface area contributed by atoms with E-state index >= 15 is 0 Å². The molecule has 1 nitrogen and oxygen atoms in total. The maximum Gasteiger partial charge on any atom is 0.256 e. The van der Waals surface area contributed by atoms with Gasteiger partial charge in [0.05, 0.1) is 6.57 Å². The maximum atomic E-state index is 12.7. The minimum Gasteiger partial charge on any atom is -0.232 e. The van der Waals surface area contributed by atoms with Gasteiger partial charge in [0, 0.05) is 3.57 Å². The van der Waals surface area contributed by atoms with Crippen LogP contribution in [0.15, 0.2) is 12.1 Å². The summed E-state index contributed by atoms with van der Waals surface area (Å²) in [5.74, 6) is -1.60. The van der Waals surface area contributed by atoms with Gasteiger partial charge >= 0.3 is 0 Å². The van der Waals surface area contributed by atoms with E-state index in [4.69, 9.17) is 6.57 Å². The van der Waals surface area contributed by atoms with Gasteiger partial charge in [0.25, 0.3) is 5.69 Å². The van der Waals surface area contributed by atoms with E-state index in [1.165, 1.54) is 0 Å². The van der Waals surface area contributed by atoms with Crippen LogP contribution in [0, 0.1) is 21.8 Å². The van der Waals surface area contributed by atoms with E-state index < -0.39 is 17.3 Å². The lowest BCUT2D eigenvalue weighted by Crippen LogP contribution is -1.82. The third kappa shape index (κ3) is 1.66. The summed E-state index contributed by atoms with van der Waals surface area (Å²) in [6.45, 7) is 6.44. The Balaban J connectivity index is 3.40. The molecule has 4 heteroatoms. The molecule has 0 spiro atoms. The lowest BCUT2D eigenvalue weighted by atomic mass is 10.3. The summed E-state index contributed by atoms with van der Waals surface area (Å²) in [6.07, 6.45) is 0. The van der Waals surface area contributed by atoms with Crippen LogP contribution in [0.1, 0.15) is 0 Å². The largest absolute Gasteiger partial charge is 0.256 e. The Bertz CT molecular complexity index is 307. The van der Waals surface area contributed by atoms with Crippen LogP contribution in [0.3, 0.4) is 0 Å². The Morgan fingerprint density at radius 3 is 2.09 bits per heavy atom. The highest BCUT2D eigenvalue weighted by atomic mass is 127. The van der Waals surface area contributed by atoms with Crippen LogP contribution in [0.2, 0.25) is 0 Å². The molecule has 1 aromatic carbocycles. The van der Waals surface area contributed by atoms with Crippen molar-refractivity contribution in [1.82, 2.24) is 0 Å². The van der Waals surface area contributed by atoms with Crippen molar-refractivity contribution in [1.29, 1.82) is 0 Å². The number of nitrogens with zero attached hydrogens (tertiary/aromatic N) is 1. The minimum absolute atomic E-state index is 0.449. The first kappa shape index (κ1) is 8.40. The van der Waals surface area contributed by atoms with Crippen molar-refractivity contribution >= 4 is 28.3 Å². The zero-order chi connectivity index (χ0) is 8.43. The summed E-state index contributed by atoms with van der Waals surface area (Å²) in [5.41, 5.74) is -0.537. The van der Waals surface area contributed by atoms with Crippen LogP contribution < -0.4 is 0 Å². The maximum absolute atomic E-state index is 12.7. The van der Waals surface area contributed by atoms with E-state index in [2.05, 4.69) is 4.85 Å². The predicted molar refractivity (Wildman–Crippen MR) is 45.3 cm³/mol. The molecule has 0 bridgehead atoms. The molecule has 56 valence electrons. The molecule has 0 aliphatic heterocycles. The van der Waals surface area contributed by atoms with Crippen molar-refractivity contribution in [3.05, 3.63) is 38.8 Å². The Morgan fingerprint density at radius 1 is 1.27 bits per heavy atom. The average molecular weight is 265 g/mol. The van der Waals surface area contributed by atoms with E-state index in [1.807, 2.05) is 0 Å². The molecule has 0 aliphatic rings. The van der Waals surface area contributed by atoms with Crippen molar-refractivity contribution in [3.63, 3.8) is 0 Å². The van der Waals surface area contributed by atoms with Crippen molar-refractivity contribution in [2.45, 2.75) is 0 Å². The molecule has 0 aromatic heterocycles. The lowest BCUT2D eigenvalue weighted by Gasteiger charge is -1.95. The molecule has 0 fully saturated rings. The summed E-state index contributed by atoms with van der Waals surface area (Å²) in [6, 6.07) is 2.24. The first-order valence-corrected chi connectivity index (χ1v) is 3.75. The Morgan fingerprint density at radius 2 is 1.73 bits per heavy atom. The molecule has 0 radical (unpaired) electrons. The Hall–Kier alpha value is -0.700. The second kappa shape index (κ2) is 3.13. The van der Waals surface area contributed by atoms with Crippen LogP contribution in [-0.4, -0.2) is 0 Å². The fourth-order valence-corrected chi connectivity index (χ4v) is 1.19. The predicted octanol–water partition coefficient (Wildman–Crippen LogP) is 3.12. The van der Waals surface area contributed by atoms with Crippen LogP contribution >= 0.6 is 22.6 Å². The first-order valence-electron chi connectivity index (χ1n) is 2.67. The lowest BCUT2D eigenvalue weighted by molar-refractivity contribution is 0.592. The summed E-state index contributed by atoms with van der Waals surface area (Å²) in [5, 5.41) is 0. The molecule has 0 aliphatic carbocycles. The molecule has 0 saturated carbocycles. The van der Waals surface area contributed by atoms with E-state index in [9.17, 15) is 8.78 Å². The van der Waals surface area contributed by atoms with E-state index in [1.54, 1.807) is 22.6 Å². The van der Waals surface area contributed by atoms with Crippen LogP contribution in [0.4, 0.5) is 14.5 Å². The Kier molecular flexibility index (Phi) is 2.39. The van der Waals surface area contributed by atoms with Gasteiger partial charge < -0.3 is 0 Å². The summed E-state index contributed by atoms with van der Waals surface area (Å²) in [7, 11) is 0. The molecular formula is C7H2F2IN. The number of hydrogen-bond donors (Lipinski definition) is 0. The van der Waals surface area contributed by atoms with Crippen molar-refractivity contribution in [2.75, 3.05) is 0 Å². The molecule has 1 rings (SSSR count). The number of halogens is 3. The van der Waals surface area contributed by atoms with E-state index in [-0.39, 0.29) is 0 Å². The fourth-order valence-electron chi connectivity index (χ4n) is 0.641. The van der Waals surface area contributed by atoms with Gasteiger partial charge in [-0.3, -0.25) is 0 Å². The normalized spacial score (nSPS) is 9.27. The third-order valence-corrected chi connectivity index (χ3v) is 1.72. The van der Waals surface area contributed by atoms with Gasteiger partial charge in [-0.2, -0.15) is 0 Å². The molecule has 0 atom stereocenters. The molecule has 0 saturated heterocycles. The molecule has 0 N–H and O–H groups in total. The van der Waals surface area contributed by atoms with Crippen LogP contribution in [0.25, 0.3) is 4.85 Å². The molecule has 0 amide bonds. The quantitative estimate of drug-likeness (QED) is 0.501. The van der Waals surface area contributed by atoms with Crippen molar-refractivity contribution < 1.29 is 8.78 Å². The van der Waals surface area contributed by atoms with Gasteiger partial charge in [0.2, 0.25) is 0 Å². The molecule has 1 aromatic rings. The third-order valence-electron chi connectivity index (χ3n) is 1.09. The highest BCUT2D eigenvalue weighted by Crippen LogP contribution is 2.23. The fraction of sp³-hybridized carbons (Fsp3) is 0. The SMILES string of the molecule is [C-]#[N+]c1c(F)cc(I)cc1F. The molecule has 11 heavy (non-hydrogen) atoms. The van der Waals surface area contributed by atoms with Crippen LogP contribution in [-0.2, 0) is 0 Å². The number of benzene rings is 1. The molecule has 0 unspecified atom stereocenters. The van der Waals surface area contributed by atoms with Crippen molar-refractivity contribution in [2.24, 2.45) is 0 Å². The van der Waals surface area contributed by atoms with Gasteiger partial charge in [-0.25, -0.2) is 13.6 Å². The summed E-state index contributed by atoms with van der Waals surface area (Å²) >= 11 is 1.78. The smallest absolute Gasteiger partial charge is 0.232 e. The van der Waals surface area contributed by atoms with Gasteiger partial charge in [0.15, 0.2) is 0 Å². The number of rotatable bonds is 0. The average Bonchev–Trinajstić information content (AvgIpc) is 1.85. The standard InChI is InChI=1S/C7H2F2IN/c1-11-7-5(8)2-4(10)3-6(7)9/h2-3H. The minimum atomic E-state index is -0.801. The molecular weight excluding hydrogens is 263 g/mol. The van der Waals surface area contributed by atoms with E-state index in [0.29, 0.717) is 3.57 Å². The van der Waals surface area contributed by atoms with E-state index in [0.717, 1.165) is 12.1 Å². The molecule has 0 heterocycles. The zero-order valence-corrected chi connectivity index (χ0v) is 7.39. The summed E-state index contributed by atoms with van der Waals surface area (Å²) < 4.78 is 25.8. The highest BCUT2D eigenvalue weighted by molar-refractivity contribution is 14.1. The monoisotopic (exact) mass is 265 g/mol. The van der Waals surface area contributed by atoms with Crippen LogP contribution in [0.5, 0.6) is 0 Å². The summed E-state index contributed by atoms with van der Waals surface area (Å²) in [4.78, 5) is 2.71. The topological polar surface area (TPSA) is 4.36 Å². The highest BCUT2D eigenvalue weighted by Gasteiger charge is 2.08. The van der Waals surface area contributed by atoms with Gasteiger partial charge in [-0.1, -0.05) is 0 Å². The van der Waals surface area contributed by atoms with Gasteiger partial charge in [0.1, 0.15) is 11.6 Å². The Labute approximate surface area is 76.0 Å². The number of hydrogen-bond acceptors (Lipinski definition) is 0. The second-order valence-electron chi connectivity index (χ2n) is 1.83. The van der Waals surface area contributed by atoms with Gasteiger partial charge in [-0.15, -0.1) is 0 Å². The second-order valence-corrected chi connectivity index (χ2v) is 3.08. The van der Waals surface area contributed by atoms with Gasteiger partial charge in [-0.05, 0) is 34.7 Å². The first-order chi connectivity index (χ1) is 5.15.